The molecule has 0 aromatic carbocycles. The van der Waals surface area contributed by atoms with E-state index in [1.165, 1.54) is 31.2 Å². The second kappa shape index (κ2) is 7.75. The lowest BCUT2D eigenvalue weighted by atomic mass is 10.1. The number of rotatable bonds is 7. The first-order valence-electron chi connectivity index (χ1n) is 9.04. The van der Waals surface area contributed by atoms with Crippen molar-refractivity contribution < 1.29 is 18.4 Å². The summed E-state index contributed by atoms with van der Waals surface area (Å²) in [5.74, 6) is 1.02. The summed E-state index contributed by atoms with van der Waals surface area (Å²) in [7, 11) is 0. The topological polar surface area (TPSA) is 90.1 Å². The first-order chi connectivity index (χ1) is 13.6. The molecule has 3 aromatic rings. The van der Waals surface area contributed by atoms with E-state index in [2.05, 4.69) is 20.4 Å². The first-order valence-corrected chi connectivity index (χ1v) is 9.04. The minimum Gasteiger partial charge on any atom is -0.473 e. The number of aromatic nitrogens is 3. The molecule has 3 aromatic heterocycles. The van der Waals surface area contributed by atoms with Gasteiger partial charge in [-0.25, -0.2) is 9.37 Å². The monoisotopic (exact) mass is 382 g/mol. The van der Waals surface area contributed by atoms with Crippen molar-refractivity contribution in [2.75, 3.05) is 6.54 Å². The number of nitrogens with zero attached hydrogens (tertiary/aromatic N) is 3. The fourth-order valence-corrected chi connectivity index (χ4v) is 2.69. The van der Waals surface area contributed by atoms with Gasteiger partial charge in [-0.3, -0.25) is 9.78 Å². The van der Waals surface area contributed by atoms with Crippen LogP contribution >= 0.6 is 0 Å². The van der Waals surface area contributed by atoms with Crippen LogP contribution in [0, 0.1) is 18.7 Å². The van der Waals surface area contributed by atoms with E-state index >= 15 is 0 Å². The standard InChI is InChI=1S/C20H19FN4O3/c1-12-16(19(25-28-12)17-6-5-15(21)10-22-17)11-27-18-7-4-14(9-23-18)20(26)24-8-13-2-3-13/h4-7,9-10,13H,2-3,8,11H2,1H3,(H,24,26). The highest BCUT2D eigenvalue weighted by Gasteiger charge is 2.22. The van der Waals surface area contributed by atoms with E-state index in [0.717, 1.165) is 6.20 Å². The fraction of sp³-hybridized carbons (Fsp3) is 0.300. The molecule has 0 aliphatic heterocycles. The van der Waals surface area contributed by atoms with Gasteiger partial charge < -0.3 is 14.6 Å². The van der Waals surface area contributed by atoms with Crippen LogP contribution < -0.4 is 10.1 Å². The van der Waals surface area contributed by atoms with Gasteiger partial charge in [0.1, 0.15) is 23.9 Å². The van der Waals surface area contributed by atoms with E-state index in [1.807, 2.05) is 0 Å². The molecule has 0 bridgehead atoms. The minimum absolute atomic E-state index is 0.134. The van der Waals surface area contributed by atoms with Crippen molar-refractivity contribution >= 4 is 5.91 Å². The number of carbonyl (C=O) groups is 1. The predicted octanol–water partition coefficient (Wildman–Crippen LogP) is 3.30. The second-order valence-electron chi connectivity index (χ2n) is 6.75. The van der Waals surface area contributed by atoms with Gasteiger partial charge in [0, 0.05) is 18.8 Å². The van der Waals surface area contributed by atoms with Crippen molar-refractivity contribution in [2.24, 2.45) is 5.92 Å². The van der Waals surface area contributed by atoms with Gasteiger partial charge >= 0.3 is 0 Å². The lowest BCUT2D eigenvalue weighted by molar-refractivity contribution is 0.0951. The molecule has 144 valence electrons. The van der Waals surface area contributed by atoms with E-state index in [9.17, 15) is 9.18 Å². The third-order valence-corrected chi connectivity index (χ3v) is 4.57. The highest BCUT2D eigenvalue weighted by atomic mass is 19.1. The van der Waals surface area contributed by atoms with Crippen LogP contribution in [0.3, 0.4) is 0 Å². The molecular weight excluding hydrogens is 363 g/mol. The molecule has 7 nitrogen and oxygen atoms in total. The summed E-state index contributed by atoms with van der Waals surface area (Å²) >= 11 is 0. The summed E-state index contributed by atoms with van der Waals surface area (Å²) in [5, 5.41) is 6.89. The van der Waals surface area contributed by atoms with Crippen molar-refractivity contribution in [1.82, 2.24) is 20.4 Å². The molecule has 0 atom stereocenters. The molecule has 0 saturated heterocycles. The number of amides is 1. The van der Waals surface area contributed by atoms with Crippen LogP contribution in [-0.4, -0.2) is 27.6 Å². The van der Waals surface area contributed by atoms with Gasteiger partial charge in [-0.05, 0) is 43.9 Å². The number of halogens is 1. The van der Waals surface area contributed by atoms with Gasteiger partial charge in [-0.1, -0.05) is 5.16 Å². The summed E-state index contributed by atoms with van der Waals surface area (Å²) in [6.45, 7) is 2.63. The molecular formula is C20H19FN4O3. The number of pyridine rings is 2. The summed E-state index contributed by atoms with van der Waals surface area (Å²) in [5.41, 5.74) is 2.18. The van der Waals surface area contributed by atoms with Gasteiger partial charge in [0.05, 0.1) is 23.0 Å². The van der Waals surface area contributed by atoms with Crippen LogP contribution in [0.25, 0.3) is 11.4 Å². The molecule has 0 unspecified atom stereocenters. The van der Waals surface area contributed by atoms with Crippen molar-refractivity contribution in [3.63, 3.8) is 0 Å². The molecule has 1 aliphatic carbocycles. The van der Waals surface area contributed by atoms with Gasteiger partial charge in [0.15, 0.2) is 0 Å². The number of hydrogen-bond acceptors (Lipinski definition) is 6. The average molecular weight is 382 g/mol. The first kappa shape index (κ1) is 18.1. The number of hydrogen-bond donors (Lipinski definition) is 1. The number of nitrogens with one attached hydrogen (secondary N) is 1. The number of aryl methyl sites for hydroxylation is 1. The molecule has 0 spiro atoms. The Kier molecular flexibility index (Phi) is 5.01. The Bertz CT molecular complexity index is 966. The number of carbonyl (C=O) groups excluding carboxylic acids is 1. The Labute approximate surface area is 160 Å². The fourth-order valence-electron chi connectivity index (χ4n) is 2.69. The lowest BCUT2D eigenvalue weighted by Crippen LogP contribution is -2.25. The Morgan fingerprint density at radius 3 is 2.79 bits per heavy atom. The van der Waals surface area contributed by atoms with Crippen molar-refractivity contribution in [1.29, 1.82) is 0 Å². The second-order valence-corrected chi connectivity index (χ2v) is 6.75. The summed E-state index contributed by atoms with van der Waals surface area (Å²) in [4.78, 5) is 20.3. The molecule has 1 aliphatic rings. The van der Waals surface area contributed by atoms with Crippen molar-refractivity contribution in [3.8, 4) is 17.3 Å². The molecule has 1 N–H and O–H groups in total. The van der Waals surface area contributed by atoms with Crippen LogP contribution in [0.4, 0.5) is 4.39 Å². The highest BCUT2D eigenvalue weighted by Crippen LogP contribution is 2.28. The molecule has 1 fully saturated rings. The van der Waals surface area contributed by atoms with Crippen molar-refractivity contribution in [3.05, 3.63) is 59.4 Å². The number of ether oxygens (including phenoxy) is 1. The van der Waals surface area contributed by atoms with Crippen molar-refractivity contribution in [2.45, 2.75) is 26.4 Å². The summed E-state index contributed by atoms with van der Waals surface area (Å²) < 4.78 is 24.0. The van der Waals surface area contributed by atoms with Crippen LogP contribution in [0.2, 0.25) is 0 Å². The molecule has 8 heteroatoms. The average Bonchev–Trinajstić information content (AvgIpc) is 3.47. The molecule has 3 heterocycles. The van der Waals surface area contributed by atoms with E-state index in [0.29, 0.717) is 46.6 Å². The van der Waals surface area contributed by atoms with Gasteiger partial charge in [-0.15, -0.1) is 0 Å². The minimum atomic E-state index is -0.424. The normalized spacial score (nSPS) is 13.4. The maximum absolute atomic E-state index is 13.1. The Morgan fingerprint density at radius 2 is 2.11 bits per heavy atom. The van der Waals surface area contributed by atoms with Gasteiger partial charge in [-0.2, -0.15) is 0 Å². The smallest absolute Gasteiger partial charge is 0.252 e. The zero-order valence-corrected chi connectivity index (χ0v) is 15.3. The predicted molar refractivity (Wildman–Crippen MR) is 98.1 cm³/mol. The van der Waals surface area contributed by atoms with E-state index < -0.39 is 5.82 Å². The third-order valence-electron chi connectivity index (χ3n) is 4.57. The van der Waals surface area contributed by atoms with E-state index in [1.54, 1.807) is 19.1 Å². The van der Waals surface area contributed by atoms with E-state index in [4.69, 9.17) is 9.26 Å². The Balaban J connectivity index is 1.41. The lowest BCUT2D eigenvalue weighted by Gasteiger charge is -2.07. The zero-order valence-electron chi connectivity index (χ0n) is 15.3. The largest absolute Gasteiger partial charge is 0.473 e. The van der Waals surface area contributed by atoms with Crippen LogP contribution in [-0.2, 0) is 6.61 Å². The molecule has 0 radical (unpaired) electrons. The summed E-state index contributed by atoms with van der Waals surface area (Å²) in [6.07, 6.45) is 4.98. The van der Waals surface area contributed by atoms with Crippen LogP contribution in [0.1, 0.15) is 34.5 Å². The quantitative estimate of drug-likeness (QED) is 0.674. The zero-order chi connectivity index (χ0) is 19.5. The van der Waals surface area contributed by atoms with Crippen LogP contribution in [0.5, 0.6) is 5.88 Å². The van der Waals surface area contributed by atoms with Crippen LogP contribution in [0.15, 0.2) is 41.2 Å². The van der Waals surface area contributed by atoms with Gasteiger partial charge in [0.25, 0.3) is 5.91 Å². The maximum atomic E-state index is 13.1. The molecule has 4 rings (SSSR count). The molecule has 1 saturated carbocycles. The molecule has 1 amide bonds. The third kappa shape index (κ3) is 4.16. The SMILES string of the molecule is Cc1onc(-c2ccc(F)cn2)c1COc1ccc(C(=O)NCC2CC2)cn1. The maximum Gasteiger partial charge on any atom is 0.252 e. The van der Waals surface area contributed by atoms with E-state index in [-0.39, 0.29) is 12.5 Å². The molecule has 28 heavy (non-hydrogen) atoms. The Morgan fingerprint density at radius 1 is 1.25 bits per heavy atom. The van der Waals surface area contributed by atoms with Gasteiger partial charge in [0.2, 0.25) is 5.88 Å². The summed E-state index contributed by atoms with van der Waals surface area (Å²) in [6, 6.07) is 6.16. The highest BCUT2D eigenvalue weighted by molar-refractivity contribution is 5.93. The Hall–Kier alpha value is -3.29.